The predicted molar refractivity (Wildman–Crippen MR) is 68.8 cm³/mol. The molecule has 1 aliphatic rings. The van der Waals surface area contributed by atoms with Crippen molar-refractivity contribution < 1.29 is 4.74 Å². The lowest BCUT2D eigenvalue weighted by molar-refractivity contribution is 0.166. The van der Waals surface area contributed by atoms with Crippen molar-refractivity contribution in [1.29, 1.82) is 0 Å². The summed E-state index contributed by atoms with van der Waals surface area (Å²) < 4.78 is 5.59. The molecule has 1 heterocycles. The summed E-state index contributed by atoms with van der Waals surface area (Å²) in [6.45, 7) is 13.2. The standard InChI is InChI=1S/C13H28N2O/c1-4-7-15(8-5-2)9-12-10-16-11-13(12)14-6-3/h12-14H,4-11H2,1-3H3. The first kappa shape index (κ1) is 13.9. The molecule has 0 aromatic carbocycles. The molecule has 0 aromatic heterocycles. The van der Waals surface area contributed by atoms with Gasteiger partial charge in [0.1, 0.15) is 0 Å². The fourth-order valence-electron chi connectivity index (χ4n) is 2.52. The largest absolute Gasteiger partial charge is 0.379 e. The Morgan fingerprint density at radius 1 is 1.12 bits per heavy atom. The summed E-state index contributed by atoms with van der Waals surface area (Å²) in [5.74, 6) is 0.679. The zero-order valence-corrected chi connectivity index (χ0v) is 11.2. The summed E-state index contributed by atoms with van der Waals surface area (Å²) in [5.41, 5.74) is 0. The molecule has 0 amide bonds. The van der Waals surface area contributed by atoms with Gasteiger partial charge in [-0.05, 0) is 32.5 Å². The zero-order chi connectivity index (χ0) is 11.8. The van der Waals surface area contributed by atoms with Crippen LogP contribution < -0.4 is 5.32 Å². The zero-order valence-electron chi connectivity index (χ0n) is 11.2. The Balaban J connectivity index is 2.36. The average molecular weight is 228 g/mol. The van der Waals surface area contributed by atoms with E-state index in [1.54, 1.807) is 0 Å². The number of rotatable bonds is 8. The first-order valence-electron chi connectivity index (χ1n) is 6.85. The third kappa shape index (κ3) is 4.40. The van der Waals surface area contributed by atoms with Crippen LogP contribution in [0.2, 0.25) is 0 Å². The summed E-state index contributed by atoms with van der Waals surface area (Å²) in [7, 11) is 0. The van der Waals surface area contributed by atoms with Crippen molar-refractivity contribution in [3.8, 4) is 0 Å². The lowest BCUT2D eigenvalue weighted by Gasteiger charge is -2.27. The molecule has 1 rings (SSSR count). The van der Waals surface area contributed by atoms with E-state index in [4.69, 9.17) is 4.74 Å². The highest BCUT2D eigenvalue weighted by atomic mass is 16.5. The summed E-state index contributed by atoms with van der Waals surface area (Å²) >= 11 is 0. The maximum Gasteiger partial charge on any atom is 0.0623 e. The number of likely N-dealkylation sites (N-methyl/N-ethyl adjacent to an activating group) is 1. The molecule has 1 N–H and O–H groups in total. The highest BCUT2D eigenvalue weighted by molar-refractivity contribution is 4.83. The molecule has 2 atom stereocenters. The van der Waals surface area contributed by atoms with Gasteiger partial charge < -0.3 is 15.0 Å². The van der Waals surface area contributed by atoms with Gasteiger partial charge >= 0.3 is 0 Å². The van der Waals surface area contributed by atoms with Crippen molar-refractivity contribution in [3.05, 3.63) is 0 Å². The number of ether oxygens (including phenoxy) is 1. The molecule has 0 bridgehead atoms. The van der Waals surface area contributed by atoms with Gasteiger partial charge in [-0.3, -0.25) is 0 Å². The Hall–Kier alpha value is -0.120. The third-order valence-corrected chi connectivity index (χ3v) is 3.24. The molecule has 0 radical (unpaired) electrons. The molecule has 3 nitrogen and oxygen atoms in total. The van der Waals surface area contributed by atoms with Gasteiger partial charge in [0.15, 0.2) is 0 Å². The van der Waals surface area contributed by atoms with Crippen LogP contribution >= 0.6 is 0 Å². The summed E-state index contributed by atoms with van der Waals surface area (Å²) in [6.07, 6.45) is 2.50. The molecule has 1 saturated heterocycles. The van der Waals surface area contributed by atoms with Gasteiger partial charge in [0.05, 0.1) is 13.2 Å². The fourth-order valence-corrected chi connectivity index (χ4v) is 2.52. The van der Waals surface area contributed by atoms with Crippen molar-refractivity contribution in [2.75, 3.05) is 39.4 Å². The maximum atomic E-state index is 5.59. The minimum atomic E-state index is 0.571. The Kier molecular flexibility index (Phi) is 7.01. The second kappa shape index (κ2) is 8.04. The number of nitrogens with zero attached hydrogens (tertiary/aromatic N) is 1. The van der Waals surface area contributed by atoms with Crippen LogP contribution in [0.1, 0.15) is 33.6 Å². The van der Waals surface area contributed by atoms with E-state index in [1.807, 2.05) is 0 Å². The van der Waals surface area contributed by atoms with Crippen LogP contribution in [0.15, 0.2) is 0 Å². The monoisotopic (exact) mass is 228 g/mol. The molecule has 1 fully saturated rings. The molecule has 3 heteroatoms. The lowest BCUT2D eigenvalue weighted by Crippen LogP contribution is -2.42. The Bertz CT molecular complexity index is 169. The molecule has 96 valence electrons. The Morgan fingerprint density at radius 3 is 2.38 bits per heavy atom. The summed E-state index contributed by atoms with van der Waals surface area (Å²) in [6, 6.07) is 0.571. The van der Waals surface area contributed by atoms with Crippen LogP contribution in [0.5, 0.6) is 0 Å². The van der Waals surface area contributed by atoms with Gasteiger partial charge in [0.2, 0.25) is 0 Å². The van der Waals surface area contributed by atoms with Gasteiger partial charge in [-0.2, -0.15) is 0 Å². The van der Waals surface area contributed by atoms with Crippen LogP contribution in [-0.2, 0) is 4.74 Å². The van der Waals surface area contributed by atoms with E-state index < -0.39 is 0 Å². The molecule has 2 unspecified atom stereocenters. The van der Waals surface area contributed by atoms with Crippen LogP contribution in [0.4, 0.5) is 0 Å². The number of hydrogen-bond acceptors (Lipinski definition) is 3. The molecule has 16 heavy (non-hydrogen) atoms. The van der Waals surface area contributed by atoms with E-state index in [2.05, 4.69) is 31.0 Å². The molecule has 0 aromatic rings. The fraction of sp³-hybridized carbons (Fsp3) is 1.00. The van der Waals surface area contributed by atoms with Gasteiger partial charge in [-0.15, -0.1) is 0 Å². The van der Waals surface area contributed by atoms with Crippen LogP contribution in [0, 0.1) is 5.92 Å². The van der Waals surface area contributed by atoms with E-state index in [0.29, 0.717) is 12.0 Å². The second-order valence-electron chi connectivity index (χ2n) is 4.76. The van der Waals surface area contributed by atoms with Crippen molar-refractivity contribution in [3.63, 3.8) is 0 Å². The second-order valence-corrected chi connectivity index (χ2v) is 4.76. The van der Waals surface area contributed by atoms with E-state index in [1.165, 1.54) is 32.5 Å². The third-order valence-electron chi connectivity index (χ3n) is 3.24. The summed E-state index contributed by atoms with van der Waals surface area (Å²) in [5, 5.41) is 3.53. The molecule has 0 aliphatic carbocycles. The number of nitrogens with one attached hydrogen (secondary N) is 1. The van der Waals surface area contributed by atoms with E-state index >= 15 is 0 Å². The molecule has 0 spiro atoms. The first-order valence-corrected chi connectivity index (χ1v) is 6.85. The predicted octanol–water partition coefficient (Wildman–Crippen LogP) is 1.73. The number of hydrogen-bond donors (Lipinski definition) is 1. The normalized spacial score (nSPS) is 25.5. The van der Waals surface area contributed by atoms with Crippen molar-refractivity contribution in [2.45, 2.75) is 39.7 Å². The molecular weight excluding hydrogens is 200 g/mol. The van der Waals surface area contributed by atoms with E-state index in [-0.39, 0.29) is 0 Å². The van der Waals surface area contributed by atoms with Gasteiger partial charge in [0.25, 0.3) is 0 Å². The minimum Gasteiger partial charge on any atom is -0.379 e. The summed E-state index contributed by atoms with van der Waals surface area (Å²) in [4.78, 5) is 2.59. The maximum absolute atomic E-state index is 5.59. The van der Waals surface area contributed by atoms with Crippen molar-refractivity contribution in [2.24, 2.45) is 5.92 Å². The topological polar surface area (TPSA) is 24.5 Å². The quantitative estimate of drug-likeness (QED) is 0.685. The highest BCUT2D eigenvalue weighted by Gasteiger charge is 2.28. The van der Waals surface area contributed by atoms with Crippen LogP contribution in [0.25, 0.3) is 0 Å². The highest BCUT2D eigenvalue weighted by Crippen LogP contribution is 2.15. The minimum absolute atomic E-state index is 0.571. The van der Waals surface area contributed by atoms with Gasteiger partial charge in [-0.25, -0.2) is 0 Å². The molecular formula is C13H28N2O. The SMILES string of the molecule is CCCN(CCC)CC1COCC1NCC. The molecule has 0 saturated carbocycles. The van der Waals surface area contributed by atoms with Crippen LogP contribution in [-0.4, -0.2) is 50.3 Å². The van der Waals surface area contributed by atoms with E-state index in [0.717, 1.165) is 19.8 Å². The molecule has 1 aliphatic heterocycles. The van der Waals surface area contributed by atoms with Gasteiger partial charge in [0, 0.05) is 18.5 Å². The smallest absolute Gasteiger partial charge is 0.0623 e. The van der Waals surface area contributed by atoms with Gasteiger partial charge in [-0.1, -0.05) is 20.8 Å². The van der Waals surface area contributed by atoms with Crippen molar-refractivity contribution in [1.82, 2.24) is 10.2 Å². The average Bonchev–Trinajstić information content (AvgIpc) is 2.67. The van der Waals surface area contributed by atoms with Crippen molar-refractivity contribution >= 4 is 0 Å². The lowest BCUT2D eigenvalue weighted by atomic mass is 10.0. The van der Waals surface area contributed by atoms with Crippen LogP contribution in [0.3, 0.4) is 0 Å². The van der Waals surface area contributed by atoms with E-state index in [9.17, 15) is 0 Å². The Morgan fingerprint density at radius 2 is 1.81 bits per heavy atom. The first-order chi connectivity index (χ1) is 7.81. The Labute approximate surface area is 101 Å².